The molecule has 1 unspecified atom stereocenters. The number of likely N-dealkylation sites (tertiary alicyclic amines) is 1. The molecule has 1 atom stereocenters. The predicted molar refractivity (Wildman–Crippen MR) is 91.3 cm³/mol. The maximum Gasteiger partial charge on any atom is 0.308 e. The molecular weight excluding hydrogens is 356 g/mol. The van der Waals surface area contributed by atoms with Gasteiger partial charge in [0.1, 0.15) is 0 Å². The Kier molecular flexibility index (Phi) is 6.94. The van der Waals surface area contributed by atoms with Crippen molar-refractivity contribution in [3.05, 3.63) is 35.9 Å². The summed E-state index contributed by atoms with van der Waals surface area (Å²) in [6, 6.07) is 6.09. The second-order valence-corrected chi connectivity index (χ2v) is 7.10. The number of aliphatic carboxylic acids is 1. The number of nitrogens with one attached hydrogen (secondary N) is 1. The summed E-state index contributed by atoms with van der Waals surface area (Å²) in [5.41, 5.74) is 0.683. The molecule has 24 heavy (non-hydrogen) atoms. The van der Waals surface area contributed by atoms with Crippen molar-refractivity contribution in [2.75, 3.05) is 20.1 Å². The molecule has 2 N–H and O–H groups in total. The van der Waals surface area contributed by atoms with Crippen LogP contribution < -0.4 is 4.72 Å². The van der Waals surface area contributed by atoms with Gasteiger partial charge < -0.3 is 10.0 Å². The average molecular weight is 375 g/mol. The van der Waals surface area contributed by atoms with Gasteiger partial charge in [0.05, 0.1) is 10.8 Å². The van der Waals surface area contributed by atoms with E-state index in [0.717, 1.165) is 0 Å². The second-order valence-electron chi connectivity index (χ2n) is 5.22. The smallest absolute Gasteiger partial charge is 0.308 e. The van der Waals surface area contributed by atoms with E-state index < -0.39 is 21.9 Å². The monoisotopic (exact) mass is 374 g/mol. The largest absolute Gasteiger partial charge is 0.481 e. The Morgan fingerprint density at radius 2 is 1.92 bits per heavy atom. The Morgan fingerprint density at radius 3 is 2.42 bits per heavy atom. The van der Waals surface area contributed by atoms with Crippen LogP contribution in [-0.2, 0) is 19.6 Å². The molecule has 0 radical (unpaired) electrons. The number of carbonyl (C=O) groups excluding carboxylic acids is 1. The van der Waals surface area contributed by atoms with E-state index in [2.05, 4.69) is 4.72 Å². The lowest BCUT2D eigenvalue weighted by Crippen LogP contribution is -2.28. The lowest BCUT2D eigenvalue weighted by atomic mass is 10.1. The molecular formula is C15H19ClN2O5S. The summed E-state index contributed by atoms with van der Waals surface area (Å²) in [5.74, 6) is -1.63. The van der Waals surface area contributed by atoms with Crippen molar-refractivity contribution in [2.45, 2.75) is 11.3 Å². The van der Waals surface area contributed by atoms with E-state index in [1.54, 1.807) is 18.2 Å². The quantitative estimate of drug-likeness (QED) is 0.747. The van der Waals surface area contributed by atoms with Gasteiger partial charge in [-0.05, 0) is 37.2 Å². The minimum Gasteiger partial charge on any atom is -0.481 e. The van der Waals surface area contributed by atoms with Crippen molar-refractivity contribution in [1.82, 2.24) is 9.62 Å². The van der Waals surface area contributed by atoms with Gasteiger partial charge in [0, 0.05) is 19.2 Å². The number of rotatable bonds is 5. The first-order valence-corrected chi connectivity index (χ1v) is 8.55. The van der Waals surface area contributed by atoms with Crippen molar-refractivity contribution in [2.24, 2.45) is 5.92 Å². The van der Waals surface area contributed by atoms with Crippen molar-refractivity contribution >= 4 is 40.4 Å². The number of carbonyl (C=O) groups is 2. The number of halogens is 1. The van der Waals surface area contributed by atoms with Crippen LogP contribution in [-0.4, -0.2) is 50.4 Å². The van der Waals surface area contributed by atoms with Gasteiger partial charge in [-0.25, -0.2) is 13.1 Å². The van der Waals surface area contributed by atoms with Crippen LogP contribution in [0, 0.1) is 5.92 Å². The van der Waals surface area contributed by atoms with Crippen LogP contribution in [0.4, 0.5) is 0 Å². The number of carboxylic acid groups (broad SMARTS) is 1. The molecule has 1 heterocycles. The van der Waals surface area contributed by atoms with Gasteiger partial charge in [-0.2, -0.15) is 0 Å². The first kappa shape index (κ1) is 20.1. The van der Waals surface area contributed by atoms with Gasteiger partial charge >= 0.3 is 5.97 Å². The Morgan fingerprint density at radius 1 is 1.29 bits per heavy atom. The summed E-state index contributed by atoms with van der Waals surface area (Å²) in [5, 5.41) is 8.92. The van der Waals surface area contributed by atoms with Gasteiger partial charge in [-0.15, -0.1) is 12.4 Å². The summed E-state index contributed by atoms with van der Waals surface area (Å²) >= 11 is 0. The van der Waals surface area contributed by atoms with Gasteiger partial charge in [-0.1, -0.05) is 12.1 Å². The normalized spacial score (nSPS) is 17.7. The second kappa shape index (κ2) is 8.27. The summed E-state index contributed by atoms with van der Waals surface area (Å²) < 4.78 is 25.4. The van der Waals surface area contributed by atoms with E-state index in [0.29, 0.717) is 18.5 Å². The number of hydrogen-bond donors (Lipinski definition) is 2. The van der Waals surface area contributed by atoms with Crippen LogP contribution in [0.15, 0.2) is 35.2 Å². The summed E-state index contributed by atoms with van der Waals surface area (Å²) in [6.45, 7) is 0.650. The molecule has 0 aliphatic carbocycles. The van der Waals surface area contributed by atoms with E-state index in [-0.39, 0.29) is 29.8 Å². The van der Waals surface area contributed by atoms with Gasteiger partial charge in [0.25, 0.3) is 0 Å². The zero-order valence-corrected chi connectivity index (χ0v) is 14.6. The Hall–Kier alpha value is -1.90. The van der Waals surface area contributed by atoms with E-state index in [4.69, 9.17) is 5.11 Å². The first-order valence-electron chi connectivity index (χ1n) is 7.07. The van der Waals surface area contributed by atoms with Crippen LogP contribution in [0.1, 0.15) is 12.0 Å². The highest BCUT2D eigenvalue weighted by Gasteiger charge is 2.29. The van der Waals surface area contributed by atoms with Crippen molar-refractivity contribution in [3.8, 4) is 0 Å². The average Bonchev–Trinajstić information content (AvgIpc) is 3.03. The molecule has 0 aromatic heterocycles. The first-order chi connectivity index (χ1) is 10.8. The van der Waals surface area contributed by atoms with Crippen molar-refractivity contribution in [3.63, 3.8) is 0 Å². The van der Waals surface area contributed by atoms with E-state index in [1.807, 2.05) is 0 Å². The molecule has 1 saturated heterocycles. The van der Waals surface area contributed by atoms with Crippen LogP contribution >= 0.6 is 12.4 Å². The molecule has 9 heteroatoms. The fraction of sp³-hybridized carbons (Fsp3) is 0.333. The standard InChI is InChI=1S/C15H18N2O5S.ClH/c1-16-23(21,22)13-5-2-11(3-6-13)4-7-14(18)17-9-8-12(10-17)15(19)20;/h2-7,12,16H,8-10H2,1H3,(H,19,20);1H/b7-4+;. The summed E-state index contributed by atoms with van der Waals surface area (Å²) in [7, 11) is -2.14. The molecule has 0 saturated carbocycles. The van der Waals surface area contributed by atoms with E-state index in [9.17, 15) is 18.0 Å². The molecule has 7 nitrogen and oxygen atoms in total. The van der Waals surface area contributed by atoms with Gasteiger partial charge in [0.2, 0.25) is 15.9 Å². The number of hydrogen-bond acceptors (Lipinski definition) is 4. The third-order valence-corrected chi connectivity index (χ3v) is 5.16. The molecule has 2 rings (SSSR count). The number of benzene rings is 1. The van der Waals surface area contributed by atoms with Gasteiger partial charge in [-0.3, -0.25) is 9.59 Å². The summed E-state index contributed by atoms with van der Waals surface area (Å²) in [4.78, 5) is 24.5. The maximum absolute atomic E-state index is 12.0. The van der Waals surface area contributed by atoms with Crippen LogP contribution in [0.3, 0.4) is 0 Å². The minimum atomic E-state index is -3.48. The molecule has 1 aliphatic heterocycles. The molecule has 1 aliphatic rings. The van der Waals surface area contributed by atoms with Gasteiger partial charge in [0.15, 0.2) is 0 Å². The Balaban J connectivity index is 0.00000288. The number of amides is 1. The molecule has 1 aromatic carbocycles. The van der Waals surface area contributed by atoms with Crippen LogP contribution in [0.5, 0.6) is 0 Å². The topological polar surface area (TPSA) is 104 Å². The Labute approximate surface area is 146 Å². The number of carboxylic acids is 1. The van der Waals surface area contributed by atoms with Crippen molar-refractivity contribution in [1.29, 1.82) is 0 Å². The fourth-order valence-corrected chi connectivity index (χ4v) is 3.04. The lowest BCUT2D eigenvalue weighted by molar-refractivity contribution is -0.141. The van der Waals surface area contributed by atoms with Crippen molar-refractivity contribution < 1.29 is 23.1 Å². The molecule has 132 valence electrons. The molecule has 0 spiro atoms. The fourth-order valence-electron chi connectivity index (χ4n) is 2.31. The number of nitrogens with zero attached hydrogens (tertiary/aromatic N) is 1. The number of sulfonamides is 1. The third kappa shape index (κ3) is 4.80. The third-order valence-electron chi connectivity index (χ3n) is 3.73. The maximum atomic E-state index is 12.0. The Bertz CT molecular complexity index is 731. The molecule has 1 aromatic rings. The molecule has 1 fully saturated rings. The van der Waals surface area contributed by atoms with E-state index in [1.165, 1.54) is 30.2 Å². The van der Waals surface area contributed by atoms with Crippen LogP contribution in [0.25, 0.3) is 6.08 Å². The summed E-state index contributed by atoms with van der Waals surface area (Å²) in [6.07, 6.45) is 3.41. The highest BCUT2D eigenvalue weighted by molar-refractivity contribution is 7.89. The molecule has 0 bridgehead atoms. The highest BCUT2D eigenvalue weighted by atomic mass is 35.5. The SMILES string of the molecule is CNS(=O)(=O)c1ccc(/C=C/C(=O)N2CCC(C(=O)O)C2)cc1.Cl. The molecule has 1 amide bonds. The lowest BCUT2D eigenvalue weighted by Gasteiger charge is -2.12. The highest BCUT2D eigenvalue weighted by Crippen LogP contribution is 2.17. The zero-order chi connectivity index (χ0) is 17.0. The van der Waals surface area contributed by atoms with Crippen LogP contribution in [0.2, 0.25) is 0 Å². The minimum absolute atomic E-state index is 0. The zero-order valence-electron chi connectivity index (χ0n) is 13.0. The predicted octanol–water partition coefficient (Wildman–Crippen LogP) is 0.963. The van der Waals surface area contributed by atoms with E-state index >= 15 is 0 Å².